The number of unbranched alkanes of at least 4 members (excludes halogenated alkanes) is 3. The summed E-state index contributed by atoms with van der Waals surface area (Å²) in [5.41, 5.74) is 16.5. The van der Waals surface area contributed by atoms with Crippen molar-refractivity contribution in [1.29, 1.82) is 0 Å². The number of azide groups is 1. The van der Waals surface area contributed by atoms with E-state index in [1.54, 1.807) is 10.7 Å². The number of hydrogen-bond acceptors (Lipinski definition) is 8. The van der Waals surface area contributed by atoms with Gasteiger partial charge in [-0.3, -0.25) is 14.0 Å². The number of amides is 1. The highest BCUT2D eigenvalue weighted by molar-refractivity contribution is 7.85. The topological polar surface area (TPSA) is 181 Å². The van der Waals surface area contributed by atoms with Gasteiger partial charge >= 0.3 is 0 Å². The van der Waals surface area contributed by atoms with E-state index >= 15 is 0 Å². The third-order valence-electron chi connectivity index (χ3n) is 11.4. The first kappa shape index (κ1) is 46.0. The van der Waals surface area contributed by atoms with Crippen LogP contribution in [0.15, 0.2) is 88.7 Å². The fourth-order valence-corrected chi connectivity index (χ4v) is 8.62. The zero-order valence-corrected chi connectivity index (χ0v) is 37.0. The molecule has 0 saturated heterocycles. The normalized spacial score (nSPS) is 16.2. The second kappa shape index (κ2) is 20.9. The molecule has 3 N–H and O–H groups in total. The van der Waals surface area contributed by atoms with E-state index in [-0.39, 0.29) is 16.2 Å². The zero-order chi connectivity index (χ0) is 43.3. The molecule has 0 saturated carbocycles. The standard InChI is InChI=1S/C45H62N10O4S/c1-7-8-28-54-40-23-21-36(60(57,58)59)31-38(40)45(5,6)42(54)18-12-9-11-17-41-44(3,4)37-30-34(2)20-22-39(37)55(41)29-14-10-13-19-43(56)48-25-16-27-53-33-35(50-52-53)32-47-24-15-26-49-51-46/h9,11-12,17-18,20-23,30-31,33,47H,7-8,10,13-16,19,24-29,32H2,1-6H3,(H-,48,56,57,58,59)/p+1. The fraction of sp³-hybridized carbons (Fsp3) is 0.511. The molecular formula is C45H63N10O4S+. The van der Waals surface area contributed by atoms with Gasteiger partial charge in [-0.25, -0.2) is 0 Å². The number of fused-ring (bicyclic) bond motifs is 2. The minimum absolute atomic E-state index is 0.0699. The molecule has 2 aliphatic rings. The number of benzene rings is 2. The van der Waals surface area contributed by atoms with Crippen LogP contribution >= 0.6 is 0 Å². The van der Waals surface area contributed by atoms with Crippen molar-refractivity contribution in [1.82, 2.24) is 25.6 Å². The van der Waals surface area contributed by atoms with E-state index in [9.17, 15) is 17.8 Å². The molecule has 2 aromatic carbocycles. The molecule has 0 radical (unpaired) electrons. The third kappa shape index (κ3) is 11.6. The van der Waals surface area contributed by atoms with Crippen molar-refractivity contribution >= 4 is 33.1 Å². The average Bonchev–Trinajstić information content (AvgIpc) is 3.81. The van der Waals surface area contributed by atoms with Gasteiger partial charge in [0.05, 0.1) is 16.0 Å². The predicted molar refractivity (Wildman–Crippen MR) is 238 cm³/mol. The summed E-state index contributed by atoms with van der Waals surface area (Å²) in [5, 5.41) is 18.2. The number of carbonyl (C=O) groups excluding carboxylic acids is 1. The first-order valence-electron chi connectivity index (χ1n) is 21.3. The summed E-state index contributed by atoms with van der Waals surface area (Å²) in [4.78, 5) is 17.6. The number of aryl methyl sites for hydroxylation is 2. The summed E-state index contributed by atoms with van der Waals surface area (Å²) in [7, 11) is -4.32. The van der Waals surface area contributed by atoms with Gasteiger partial charge in [0.1, 0.15) is 6.54 Å². The second-order valence-corrected chi connectivity index (χ2v) is 18.2. The van der Waals surface area contributed by atoms with Crippen LogP contribution < -0.4 is 15.5 Å². The highest BCUT2D eigenvalue weighted by atomic mass is 32.2. The molecule has 60 heavy (non-hydrogen) atoms. The number of nitrogens with zero attached hydrogens (tertiary/aromatic N) is 8. The lowest BCUT2D eigenvalue weighted by Crippen LogP contribution is -2.28. The Morgan fingerprint density at radius 3 is 2.55 bits per heavy atom. The van der Waals surface area contributed by atoms with Gasteiger partial charge in [0.25, 0.3) is 10.1 Å². The van der Waals surface area contributed by atoms with E-state index < -0.39 is 15.5 Å². The first-order chi connectivity index (χ1) is 28.7. The molecule has 3 heterocycles. The molecule has 0 bridgehead atoms. The van der Waals surface area contributed by atoms with Gasteiger partial charge in [-0.1, -0.05) is 67.4 Å². The molecule has 1 aromatic heterocycles. The minimum Gasteiger partial charge on any atom is -0.356 e. The minimum atomic E-state index is -4.32. The van der Waals surface area contributed by atoms with Crippen molar-refractivity contribution in [2.75, 3.05) is 37.6 Å². The van der Waals surface area contributed by atoms with Crippen molar-refractivity contribution in [3.63, 3.8) is 0 Å². The molecule has 0 unspecified atom stereocenters. The van der Waals surface area contributed by atoms with Crippen LogP contribution in [-0.4, -0.2) is 76.9 Å². The molecule has 2 aliphatic heterocycles. The number of rotatable bonds is 23. The van der Waals surface area contributed by atoms with Gasteiger partial charge in [0.2, 0.25) is 11.6 Å². The maximum Gasteiger partial charge on any atom is 0.294 e. The smallest absolute Gasteiger partial charge is 0.294 e. The summed E-state index contributed by atoms with van der Waals surface area (Å²) in [6.45, 7) is 17.8. The van der Waals surface area contributed by atoms with Gasteiger partial charge in [0, 0.05) is 91.2 Å². The van der Waals surface area contributed by atoms with Gasteiger partial charge in [-0.2, -0.15) is 13.0 Å². The Morgan fingerprint density at radius 1 is 0.967 bits per heavy atom. The molecule has 0 spiro atoms. The molecule has 322 valence electrons. The summed E-state index contributed by atoms with van der Waals surface area (Å²) >= 11 is 0. The van der Waals surface area contributed by atoms with Crippen LogP contribution in [0.5, 0.6) is 0 Å². The lowest BCUT2D eigenvalue weighted by Gasteiger charge is -2.27. The van der Waals surface area contributed by atoms with Gasteiger partial charge in [-0.15, -0.1) is 5.10 Å². The largest absolute Gasteiger partial charge is 0.356 e. The van der Waals surface area contributed by atoms with E-state index in [4.69, 9.17) is 5.53 Å². The SMILES string of the molecule is CCCCN1/C(=C/C=C/C=C/C2=[N+](CCCCCC(=O)NCCCn3cc(CNCCCN=[N+]=[N-])nn3)c3ccc(C)cc3C2(C)C)C(C)(C)c2cc(S(=O)(=O)O)ccc21. The zero-order valence-electron chi connectivity index (χ0n) is 36.2. The number of anilines is 1. The van der Waals surface area contributed by atoms with Crippen molar-refractivity contribution in [2.24, 2.45) is 5.11 Å². The molecule has 15 heteroatoms. The Labute approximate surface area is 355 Å². The third-order valence-corrected chi connectivity index (χ3v) is 12.3. The van der Waals surface area contributed by atoms with Gasteiger partial charge < -0.3 is 15.5 Å². The Hall–Kier alpha value is -5.08. The fourth-order valence-electron chi connectivity index (χ4n) is 8.11. The van der Waals surface area contributed by atoms with Gasteiger partial charge in [-0.05, 0) is 101 Å². The molecule has 0 fully saturated rings. The van der Waals surface area contributed by atoms with Crippen LogP contribution in [0.2, 0.25) is 0 Å². The van der Waals surface area contributed by atoms with Crippen molar-refractivity contribution in [3.05, 3.63) is 111 Å². The summed E-state index contributed by atoms with van der Waals surface area (Å²) in [6.07, 6.45) is 19.2. The molecule has 3 aromatic rings. The number of aromatic nitrogens is 3. The highest BCUT2D eigenvalue weighted by Crippen LogP contribution is 2.48. The van der Waals surface area contributed by atoms with Crippen LogP contribution in [0.3, 0.4) is 0 Å². The van der Waals surface area contributed by atoms with Crippen molar-refractivity contribution < 1.29 is 22.3 Å². The maximum atomic E-state index is 12.6. The van der Waals surface area contributed by atoms with Gasteiger partial charge in [0.15, 0.2) is 5.71 Å². The highest BCUT2D eigenvalue weighted by Gasteiger charge is 2.44. The summed E-state index contributed by atoms with van der Waals surface area (Å²) < 4.78 is 38.0. The van der Waals surface area contributed by atoms with Crippen LogP contribution in [0.1, 0.15) is 108 Å². The number of allylic oxidation sites excluding steroid dienone is 6. The Balaban J connectivity index is 1.15. The van der Waals surface area contributed by atoms with E-state index in [1.165, 1.54) is 28.6 Å². The van der Waals surface area contributed by atoms with Crippen LogP contribution in [0.25, 0.3) is 10.4 Å². The number of carbonyl (C=O) groups is 1. The monoisotopic (exact) mass is 839 g/mol. The maximum absolute atomic E-state index is 12.6. The summed E-state index contributed by atoms with van der Waals surface area (Å²) in [6, 6.07) is 11.6. The number of hydrogen-bond donors (Lipinski definition) is 3. The van der Waals surface area contributed by atoms with E-state index in [0.717, 1.165) is 87.2 Å². The quantitative estimate of drug-likeness (QED) is 0.0162. The van der Waals surface area contributed by atoms with E-state index in [0.29, 0.717) is 32.6 Å². The van der Waals surface area contributed by atoms with Crippen molar-refractivity contribution in [3.8, 4) is 0 Å². The lowest BCUT2D eigenvalue weighted by molar-refractivity contribution is -0.438. The number of nitrogens with one attached hydrogen (secondary N) is 2. The average molecular weight is 840 g/mol. The molecule has 0 aliphatic carbocycles. The van der Waals surface area contributed by atoms with Crippen LogP contribution in [-0.2, 0) is 38.8 Å². The second-order valence-electron chi connectivity index (χ2n) is 16.7. The molecule has 1 amide bonds. The Morgan fingerprint density at radius 2 is 1.78 bits per heavy atom. The van der Waals surface area contributed by atoms with Crippen molar-refractivity contribution in [2.45, 2.75) is 122 Å². The Kier molecular flexibility index (Phi) is 16.1. The summed E-state index contributed by atoms with van der Waals surface area (Å²) in [5.74, 6) is 0.0699. The predicted octanol–water partition coefficient (Wildman–Crippen LogP) is 8.36. The molecule has 5 rings (SSSR count). The molecule has 0 atom stereocenters. The van der Waals surface area contributed by atoms with E-state index in [1.807, 2.05) is 12.3 Å². The van der Waals surface area contributed by atoms with Crippen LogP contribution in [0.4, 0.5) is 11.4 Å². The first-order valence-corrected chi connectivity index (χ1v) is 22.7. The van der Waals surface area contributed by atoms with Crippen LogP contribution in [0, 0.1) is 6.92 Å². The van der Waals surface area contributed by atoms with E-state index in [2.05, 4.69) is 131 Å². The molecule has 14 nitrogen and oxygen atoms in total. The Bertz CT molecular complexity index is 2270. The lowest BCUT2D eigenvalue weighted by atomic mass is 9.81. The molecular weight excluding hydrogens is 777 g/mol.